The highest BCUT2D eigenvalue weighted by molar-refractivity contribution is 14.1. The maximum absolute atomic E-state index is 13.0. The molecule has 2 rings (SSSR count). The van der Waals surface area contributed by atoms with E-state index in [0.29, 0.717) is 26.3 Å². The lowest BCUT2D eigenvalue weighted by atomic mass is 10.1. The van der Waals surface area contributed by atoms with Gasteiger partial charge in [0.2, 0.25) is 0 Å². The first-order chi connectivity index (χ1) is 9.51. The Balaban J connectivity index is 2.24. The second-order valence-corrected chi connectivity index (χ2v) is 5.19. The van der Waals surface area contributed by atoms with Crippen LogP contribution in [0.25, 0.3) is 0 Å². The van der Waals surface area contributed by atoms with Gasteiger partial charge in [0.1, 0.15) is 11.6 Å². The van der Waals surface area contributed by atoms with Gasteiger partial charge in [-0.1, -0.05) is 0 Å². The molecule has 104 valence electrons. The second kappa shape index (κ2) is 6.08. The van der Waals surface area contributed by atoms with Gasteiger partial charge in [0.15, 0.2) is 0 Å². The molecule has 0 heterocycles. The monoisotopic (exact) mass is 386 g/mol. The fraction of sp³-hybridized carbons (Fsp3) is 0.0714. The molecule has 2 aromatic rings. The van der Waals surface area contributed by atoms with Crippen molar-refractivity contribution in [3.63, 3.8) is 0 Å². The second-order valence-electron chi connectivity index (χ2n) is 4.03. The van der Waals surface area contributed by atoms with E-state index in [0.717, 1.165) is 0 Å². The molecule has 20 heavy (non-hydrogen) atoms. The third kappa shape index (κ3) is 3.19. The zero-order valence-corrected chi connectivity index (χ0v) is 12.8. The normalized spacial score (nSPS) is 10.2. The van der Waals surface area contributed by atoms with Crippen LogP contribution in [0.2, 0.25) is 0 Å². The molecule has 0 unspecified atom stereocenters. The van der Waals surface area contributed by atoms with Gasteiger partial charge in [-0.15, -0.1) is 0 Å². The Morgan fingerprint density at radius 2 is 2.05 bits per heavy atom. The van der Waals surface area contributed by atoms with E-state index in [4.69, 9.17) is 10.5 Å². The van der Waals surface area contributed by atoms with Crippen LogP contribution in [-0.4, -0.2) is 13.0 Å². The fourth-order valence-corrected chi connectivity index (χ4v) is 2.27. The molecule has 0 saturated heterocycles. The molecule has 1 amide bonds. The number of rotatable bonds is 3. The number of ether oxygens (including phenoxy) is 1. The SMILES string of the molecule is COc1ccc(C(=O)Nc2ccc(F)cc2I)c(N)c1. The molecule has 2 aromatic carbocycles. The van der Waals surface area contributed by atoms with Gasteiger partial charge in [-0.3, -0.25) is 4.79 Å². The Morgan fingerprint density at radius 1 is 1.30 bits per heavy atom. The van der Waals surface area contributed by atoms with E-state index >= 15 is 0 Å². The van der Waals surface area contributed by atoms with E-state index in [1.54, 1.807) is 18.2 Å². The molecule has 0 aliphatic heterocycles. The number of anilines is 2. The Labute approximate surface area is 129 Å². The van der Waals surface area contributed by atoms with E-state index in [2.05, 4.69) is 5.32 Å². The molecule has 0 aliphatic carbocycles. The predicted molar refractivity (Wildman–Crippen MR) is 84.5 cm³/mol. The van der Waals surface area contributed by atoms with Gasteiger partial charge < -0.3 is 15.8 Å². The van der Waals surface area contributed by atoms with Gasteiger partial charge in [0.25, 0.3) is 5.91 Å². The molecule has 0 spiro atoms. The van der Waals surface area contributed by atoms with E-state index in [9.17, 15) is 9.18 Å². The quantitative estimate of drug-likeness (QED) is 0.629. The van der Waals surface area contributed by atoms with Gasteiger partial charge in [-0.05, 0) is 52.9 Å². The summed E-state index contributed by atoms with van der Waals surface area (Å²) in [5.41, 5.74) is 7.00. The summed E-state index contributed by atoms with van der Waals surface area (Å²) in [6.45, 7) is 0. The minimum Gasteiger partial charge on any atom is -0.497 e. The third-order valence-electron chi connectivity index (χ3n) is 2.68. The van der Waals surface area contributed by atoms with Crippen LogP contribution in [-0.2, 0) is 0 Å². The maximum atomic E-state index is 13.0. The number of carbonyl (C=O) groups excluding carboxylic acids is 1. The molecule has 0 aromatic heterocycles. The smallest absolute Gasteiger partial charge is 0.257 e. The van der Waals surface area contributed by atoms with Crippen molar-refractivity contribution in [1.29, 1.82) is 0 Å². The molecule has 0 bridgehead atoms. The van der Waals surface area contributed by atoms with Crippen molar-refractivity contribution >= 4 is 39.9 Å². The summed E-state index contributed by atoms with van der Waals surface area (Å²) in [6, 6.07) is 8.95. The molecule has 0 atom stereocenters. The predicted octanol–water partition coefficient (Wildman–Crippen LogP) is 3.27. The average molecular weight is 386 g/mol. The minimum atomic E-state index is -0.352. The molecular formula is C14H12FIN2O2. The number of benzene rings is 2. The van der Waals surface area contributed by atoms with E-state index in [1.165, 1.54) is 25.3 Å². The Kier molecular flexibility index (Phi) is 4.43. The first-order valence-corrected chi connectivity index (χ1v) is 6.79. The molecule has 0 radical (unpaired) electrons. The zero-order chi connectivity index (χ0) is 14.7. The zero-order valence-electron chi connectivity index (χ0n) is 10.6. The Bertz CT molecular complexity index is 662. The van der Waals surface area contributed by atoms with Crippen molar-refractivity contribution in [2.24, 2.45) is 0 Å². The highest BCUT2D eigenvalue weighted by Crippen LogP contribution is 2.23. The van der Waals surface area contributed by atoms with Crippen LogP contribution >= 0.6 is 22.6 Å². The van der Waals surface area contributed by atoms with Gasteiger partial charge >= 0.3 is 0 Å². The van der Waals surface area contributed by atoms with E-state index in [-0.39, 0.29) is 11.7 Å². The summed E-state index contributed by atoms with van der Waals surface area (Å²) in [5.74, 6) is -0.124. The summed E-state index contributed by atoms with van der Waals surface area (Å²) >= 11 is 1.95. The molecule has 6 heteroatoms. The van der Waals surface area contributed by atoms with Gasteiger partial charge in [-0.25, -0.2) is 4.39 Å². The van der Waals surface area contributed by atoms with Crippen LogP contribution < -0.4 is 15.8 Å². The summed E-state index contributed by atoms with van der Waals surface area (Å²) in [4.78, 5) is 12.1. The molecular weight excluding hydrogens is 374 g/mol. The summed E-state index contributed by atoms with van der Waals surface area (Å²) in [5, 5.41) is 2.70. The summed E-state index contributed by atoms with van der Waals surface area (Å²) < 4.78 is 18.6. The van der Waals surface area contributed by atoms with Crippen LogP contribution in [0, 0.1) is 9.39 Å². The molecule has 0 fully saturated rings. The van der Waals surface area contributed by atoms with Crippen LogP contribution in [0.15, 0.2) is 36.4 Å². The van der Waals surface area contributed by atoms with E-state index < -0.39 is 0 Å². The van der Waals surface area contributed by atoms with Crippen molar-refractivity contribution in [3.8, 4) is 5.75 Å². The molecule has 0 saturated carbocycles. The lowest BCUT2D eigenvalue weighted by Gasteiger charge is -2.10. The fourth-order valence-electron chi connectivity index (χ4n) is 1.66. The largest absolute Gasteiger partial charge is 0.497 e. The standard InChI is InChI=1S/C14H12FIN2O2/c1-20-9-3-4-10(12(17)7-9)14(19)18-13-5-2-8(15)6-11(13)16/h2-7H,17H2,1H3,(H,18,19). The summed E-state index contributed by atoms with van der Waals surface area (Å²) in [7, 11) is 1.52. The number of nitrogens with one attached hydrogen (secondary N) is 1. The molecule has 4 nitrogen and oxygen atoms in total. The lowest BCUT2D eigenvalue weighted by molar-refractivity contribution is 0.102. The van der Waals surface area contributed by atoms with Crippen LogP contribution in [0.5, 0.6) is 5.75 Å². The molecule has 3 N–H and O–H groups in total. The van der Waals surface area contributed by atoms with Crippen molar-refractivity contribution in [2.75, 3.05) is 18.2 Å². The number of hydrogen-bond donors (Lipinski definition) is 2. The minimum absolute atomic E-state index is 0.318. The first-order valence-electron chi connectivity index (χ1n) is 5.71. The van der Waals surface area contributed by atoms with Crippen LogP contribution in [0.4, 0.5) is 15.8 Å². The Hall–Kier alpha value is -1.83. The maximum Gasteiger partial charge on any atom is 0.257 e. The highest BCUT2D eigenvalue weighted by atomic mass is 127. The average Bonchev–Trinajstić information content (AvgIpc) is 2.41. The van der Waals surface area contributed by atoms with E-state index in [1.807, 2.05) is 22.6 Å². The van der Waals surface area contributed by atoms with Crippen molar-refractivity contribution < 1.29 is 13.9 Å². The highest BCUT2D eigenvalue weighted by Gasteiger charge is 2.12. The van der Waals surface area contributed by atoms with Crippen molar-refractivity contribution in [1.82, 2.24) is 0 Å². The number of halogens is 2. The molecule has 0 aliphatic rings. The first kappa shape index (κ1) is 14.6. The van der Waals surface area contributed by atoms with Gasteiger partial charge in [0, 0.05) is 15.3 Å². The van der Waals surface area contributed by atoms with Crippen LogP contribution in [0.3, 0.4) is 0 Å². The summed E-state index contributed by atoms with van der Waals surface area (Å²) in [6.07, 6.45) is 0. The third-order valence-corrected chi connectivity index (χ3v) is 3.58. The number of hydrogen-bond acceptors (Lipinski definition) is 3. The van der Waals surface area contributed by atoms with Crippen molar-refractivity contribution in [3.05, 3.63) is 51.3 Å². The topological polar surface area (TPSA) is 64.3 Å². The number of carbonyl (C=O) groups is 1. The van der Waals surface area contributed by atoms with Gasteiger partial charge in [-0.2, -0.15) is 0 Å². The number of nitrogen functional groups attached to an aromatic ring is 1. The van der Waals surface area contributed by atoms with Gasteiger partial charge in [0.05, 0.1) is 18.4 Å². The number of amides is 1. The number of nitrogens with two attached hydrogens (primary N) is 1. The van der Waals surface area contributed by atoms with Crippen molar-refractivity contribution in [2.45, 2.75) is 0 Å². The Morgan fingerprint density at radius 3 is 2.65 bits per heavy atom. The number of methoxy groups -OCH3 is 1. The van der Waals surface area contributed by atoms with Crippen LogP contribution in [0.1, 0.15) is 10.4 Å². The lowest BCUT2D eigenvalue weighted by Crippen LogP contribution is -2.14.